The molecule has 0 radical (unpaired) electrons. The Balaban J connectivity index is 2.93. The number of hydroxylamine groups is 1. The van der Waals surface area contributed by atoms with Crippen molar-refractivity contribution in [3.8, 4) is 0 Å². The summed E-state index contributed by atoms with van der Waals surface area (Å²) in [5.41, 5.74) is 1.76. The third kappa shape index (κ3) is 5.55. The van der Waals surface area contributed by atoms with Gasteiger partial charge in [-0.1, -0.05) is 50.4 Å². The molecule has 0 aliphatic carbocycles. The number of anilines is 1. The summed E-state index contributed by atoms with van der Waals surface area (Å²) >= 11 is 6.42. The van der Waals surface area contributed by atoms with E-state index in [2.05, 4.69) is 13.8 Å². The maximum Gasteiger partial charge on any atom is 0.350 e. The molecule has 0 amide bonds. The molecule has 0 aromatic heterocycles. The average molecular weight is 320 g/mol. The number of hydrogen-bond acceptors (Lipinski definition) is 4. The van der Waals surface area contributed by atoms with E-state index in [0.717, 1.165) is 37.7 Å². The summed E-state index contributed by atoms with van der Waals surface area (Å²) in [6, 6.07) is 5.76. The maximum atomic E-state index is 9.10. The second kappa shape index (κ2) is 9.54. The van der Waals surface area contributed by atoms with E-state index in [1.807, 2.05) is 18.2 Å². The van der Waals surface area contributed by atoms with Crippen LogP contribution in [0.4, 0.5) is 5.69 Å². The van der Waals surface area contributed by atoms with Crippen LogP contribution >= 0.6 is 20.2 Å². The van der Waals surface area contributed by atoms with Crippen molar-refractivity contribution in [3.63, 3.8) is 0 Å². The molecule has 0 aliphatic heterocycles. The topological polar surface area (TPSA) is 52.9 Å². The molecule has 0 saturated carbocycles. The van der Waals surface area contributed by atoms with Crippen LogP contribution in [0, 0.1) is 0 Å². The van der Waals surface area contributed by atoms with Crippen molar-refractivity contribution < 1.29 is 14.4 Å². The van der Waals surface area contributed by atoms with E-state index in [-0.39, 0.29) is 0 Å². The van der Waals surface area contributed by atoms with Gasteiger partial charge in [0.05, 0.1) is 10.7 Å². The summed E-state index contributed by atoms with van der Waals surface area (Å²) in [6.07, 6.45) is 4.97. The zero-order valence-corrected chi connectivity index (χ0v) is 13.7. The van der Waals surface area contributed by atoms with Gasteiger partial charge in [-0.05, 0) is 30.9 Å². The first kappa shape index (κ1) is 17.7. The summed E-state index contributed by atoms with van der Waals surface area (Å²) in [5.74, 6) is 0. The summed E-state index contributed by atoms with van der Waals surface area (Å²) in [4.78, 5) is 18.2. The van der Waals surface area contributed by atoms with Crippen molar-refractivity contribution in [3.05, 3.63) is 28.8 Å². The molecule has 1 aromatic rings. The van der Waals surface area contributed by atoms with Crippen LogP contribution in [-0.4, -0.2) is 16.3 Å². The van der Waals surface area contributed by atoms with E-state index in [9.17, 15) is 0 Å². The quantitative estimate of drug-likeness (QED) is 0.522. The minimum absolute atomic E-state index is 0.577. The Labute approximate surface area is 127 Å². The van der Waals surface area contributed by atoms with Gasteiger partial charge in [0.15, 0.2) is 0 Å². The fourth-order valence-electron chi connectivity index (χ4n) is 1.91. The summed E-state index contributed by atoms with van der Waals surface area (Å²) in [6.45, 7) is 4.78. The second-order valence-corrected chi connectivity index (χ2v) is 5.69. The molecule has 1 aromatic carbocycles. The smallest absolute Gasteiger partial charge is 0.327 e. The van der Waals surface area contributed by atoms with E-state index in [1.165, 1.54) is 5.06 Å². The number of benzene rings is 1. The van der Waals surface area contributed by atoms with Gasteiger partial charge in [-0.15, -0.1) is 0 Å². The van der Waals surface area contributed by atoms with Gasteiger partial charge in [-0.25, -0.2) is 5.06 Å². The molecule has 0 aliphatic rings. The van der Waals surface area contributed by atoms with Crippen LogP contribution in [-0.2, 0) is 11.0 Å². The molecule has 6 heteroatoms. The van der Waals surface area contributed by atoms with E-state index >= 15 is 0 Å². The van der Waals surface area contributed by atoms with E-state index in [0.29, 0.717) is 17.3 Å². The molecule has 0 spiro atoms. The second-order valence-electron chi connectivity index (χ2n) is 4.64. The fraction of sp³-hybridized carbons (Fsp3) is 0.571. The van der Waals surface area contributed by atoms with Gasteiger partial charge in [0, 0.05) is 6.54 Å². The molecule has 0 heterocycles. The third-order valence-corrected chi connectivity index (χ3v) is 3.79. The Bertz CT molecular complexity index is 404. The zero-order valence-electron chi connectivity index (χ0n) is 12.0. The van der Waals surface area contributed by atoms with Crippen LogP contribution in [0.1, 0.15) is 45.1 Å². The van der Waals surface area contributed by atoms with Gasteiger partial charge in [0.2, 0.25) is 0 Å². The lowest BCUT2D eigenvalue weighted by Crippen LogP contribution is -2.23. The first-order valence-corrected chi connectivity index (χ1v) is 8.55. The molecule has 20 heavy (non-hydrogen) atoms. The Kier molecular flexibility index (Phi) is 8.43. The number of halogens is 1. The van der Waals surface area contributed by atoms with Gasteiger partial charge in [0.1, 0.15) is 0 Å². The van der Waals surface area contributed by atoms with Crippen molar-refractivity contribution in [2.75, 3.05) is 11.6 Å². The van der Waals surface area contributed by atoms with E-state index in [1.54, 1.807) is 0 Å². The SMILES string of the molecule is CCCCc1cccc(N(CCCC)OP(O)O)c1Cl. The lowest BCUT2D eigenvalue weighted by Gasteiger charge is -2.25. The van der Waals surface area contributed by atoms with E-state index in [4.69, 9.17) is 26.0 Å². The van der Waals surface area contributed by atoms with Gasteiger partial charge in [-0.3, -0.25) is 0 Å². The van der Waals surface area contributed by atoms with Crippen molar-refractivity contribution in [1.29, 1.82) is 0 Å². The third-order valence-electron chi connectivity index (χ3n) is 3.01. The van der Waals surface area contributed by atoms with Crippen LogP contribution in [0.3, 0.4) is 0 Å². The van der Waals surface area contributed by atoms with Crippen LogP contribution in [0.5, 0.6) is 0 Å². The average Bonchev–Trinajstić information content (AvgIpc) is 2.42. The predicted octanol–water partition coefficient (Wildman–Crippen LogP) is 4.43. The van der Waals surface area contributed by atoms with Crippen molar-refractivity contribution in [2.24, 2.45) is 0 Å². The van der Waals surface area contributed by atoms with Gasteiger partial charge < -0.3 is 9.79 Å². The standard InChI is InChI=1S/C14H23ClNO3P/c1-3-5-8-12-9-7-10-13(14(12)15)16(11-6-4-2)19-20(17)18/h7,9-10,17-18H,3-6,8,11H2,1-2H3. The molecule has 0 saturated heterocycles. The molecular weight excluding hydrogens is 297 g/mol. The molecular formula is C14H23ClNO3P. The normalized spacial score (nSPS) is 11.1. The highest BCUT2D eigenvalue weighted by Crippen LogP contribution is 2.36. The molecule has 1 rings (SSSR count). The highest BCUT2D eigenvalue weighted by molar-refractivity contribution is 7.39. The van der Waals surface area contributed by atoms with Crippen molar-refractivity contribution in [1.82, 2.24) is 0 Å². The Morgan fingerprint density at radius 1 is 1.20 bits per heavy atom. The highest BCUT2D eigenvalue weighted by atomic mass is 35.5. The molecule has 0 unspecified atom stereocenters. The zero-order chi connectivity index (χ0) is 15.0. The molecule has 0 atom stereocenters. The maximum absolute atomic E-state index is 9.10. The molecule has 4 nitrogen and oxygen atoms in total. The monoisotopic (exact) mass is 319 g/mol. The molecule has 114 valence electrons. The lowest BCUT2D eigenvalue weighted by molar-refractivity contribution is 0.227. The number of unbranched alkanes of at least 4 members (excludes halogenated alkanes) is 2. The number of rotatable bonds is 9. The Morgan fingerprint density at radius 3 is 2.50 bits per heavy atom. The van der Waals surface area contributed by atoms with Crippen LogP contribution in [0.2, 0.25) is 5.02 Å². The van der Waals surface area contributed by atoms with Gasteiger partial charge >= 0.3 is 8.60 Å². The fourth-order valence-corrected chi connectivity index (χ4v) is 2.57. The first-order chi connectivity index (χ1) is 9.60. The molecule has 2 N–H and O–H groups in total. The Hall–Kier alpha value is -0.380. The van der Waals surface area contributed by atoms with Crippen molar-refractivity contribution in [2.45, 2.75) is 46.0 Å². The lowest BCUT2D eigenvalue weighted by atomic mass is 10.1. The molecule has 0 bridgehead atoms. The Morgan fingerprint density at radius 2 is 1.90 bits per heavy atom. The number of nitrogens with zero attached hydrogens (tertiary/aromatic N) is 1. The van der Waals surface area contributed by atoms with Crippen LogP contribution in [0.25, 0.3) is 0 Å². The van der Waals surface area contributed by atoms with Crippen LogP contribution in [0.15, 0.2) is 18.2 Å². The van der Waals surface area contributed by atoms with Crippen LogP contribution < -0.4 is 5.06 Å². The van der Waals surface area contributed by atoms with Gasteiger partial charge in [0.25, 0.3) is 0 Å². The number of aryl methyl sites for hydroxylation is 1. The first-order valence-electron chi connectivity index (χ1n) is 7.01. The van der Waals surface area contributed by atoms with E-state index < -0.39 is 8.60 Å². The number of hydrogen-bond donors (Lipinski definition) is 2. The minimum atomic E-state index is -2.45. The highest BCUT2D eigenvalue weighted by Gasteiger charge is 2.16. The summed E-state index contributed by atoms with van der Waals surface area (Å²) < 4.78 is 5.10. The van der Waals surface area contributed by atoms with Crippen molar-refractivity contribution >= 4 is 25.9 Å². The summed E-state index contributed by atoms with van der Waals surface area (Å²) in [5, 5.41) is 2.13. The van der Waals surface area contributed by atoms with Gasteiger partial charge in [-0.2, -0.15) is 4.62 Å². The summed E-state index contributed by atoms with van der Waals surface area (Å²) in [7, 11) is -2.45. The molecule has 0 fully saturated rings. The largest absolute Gasteiger partial charge is 0.350 e. The predicted molar refractivity (Wildman–Crippen MR) is 84.8 cm³/mol. The minimum Gasteiger partial charge on any atom is -0.327 e.